The standard InChI is InChI=1S/C7H10F2N2O/c1-5-2-11-7(12-5)4-10-3-6(8)9/h2,6,10H,3-4H2,1H3. The molecule has 0 saturated heterocycles. The van der Waals surface area contributed by atoms with Crippen LogP contribution in [-0.4, -0.2) is 18.0 Å². The molecule has 5 heteroatoms. The third-order valence-electron chi connectivity index (χ3n) is 1.24. The first-order chi connectivity index (χ1) is 5.68. The average molecular weight is 176 g/mol. The Morgan fingerprint density at radius 3 is 2.92 bits per heavy atom. The molecule has 0 aliphatic carbocycles. The quantitative estimate of drug-likeness (QED) is 0.752. The number of alkyl halides is 2. The van der Waals surface area contributed by atoms with Crippen LogP contribution in [0.1, 0.15) is 11.7 Å². The van der Waals surface area contributed by atoms with Crippen molar-refractivity contribution in [2.75, 3.05) is 6.54 Å². The van der Waals surface area contributed by atoms with E-state index in [0.717, 1.165) is 0 Å². The third-order valence-corrected chi connectivity index (χ3v) is 1.24. The Hall–Kier alpha value is -0.970. The summed E-state index contributed by atoms with van der Waals surface area (Å²) in [6, 6.07) is 0. The predicted molar refractivity (Wildman–Crippen MR) is 39.0 cm³/mol. The lowest BCUT2D eigenvalue weighted by Crippen LogP contribution is -2.20. The molecule has 0 unspecified atom stereocenters. The summed E-state index contributed by atoms with van der Waals surface area (Å²) in [5.41, 5.74) is 0. The van der Waals surface area contributed by atoms with Crippen LogP contribution in [0.4, 0.5) is 8.78 Å². The molecule has 0 fully saturated rings. The first kappa shape index (κ1) is 9.12. The molecule has 0 bridgehead atoms. The van der Waals surface area contributed by atoms with Crippen LogP contribution >= 0.6 is 0 Å². The maximum atomic E-state index is 11.6. The Kier molecular flexibility index (Phi) is 3.16. The maximum absolute atomic E-state index is 11.6. The molecule has 0 atom stereocenters. The number of aromatic nitrogens is 1. The Labute approximate surface area is 68.8 Å². The van der Waals surface area contributed by atoms with E-state index in [2.05, 4.69) is 10.3 Å². The fourth-order valence-corrected chi connectivity index (χ4v) is 0.771. The molecule has 1 rings (SSSR count). The van der Waals surface area contributed by atoms with Crippen LogP contribution in [0.3, 0.4) is 0 Å². The topological polar surface area (TPSA) is 38.1 Å². The van der Waals surface area contributed by atoms with Crippen LogP contribution in [0.15, 0.2) is 10.6 Å². The minimum absolute atomic E-state index is 0.248. The van der Waals surface area contributed by atoms with Crippen LogP contribution in [0.5, 0.6) is 0 Å². The van der Waals surface area contributed by atoms with Gasteiger partial charge in [0.2, 0.25) is 5.89 Å². The zero-order valence-electron chi connectivity index (χ0n) is 6.68. The number of oxazole rings is 1. The first-order valence-corrected chi connectivity index (χ1v) is 3.58. The van der Waals surface area contributed by atoms with Crippen molar-refractivity contribution in [1.82, 2.24) is 10.3 Å². The van der Waals surface area contributed by atoms with Crippen molar-refractivity contribution in [2.45, 2.75) is 19.9 Å². The summed E-state index contributed by atoms with van der Waals surface area (Å²) >= 11 is 0. The van der Waals surface area contributed by atoms with Crippen molar-refractivity contribution >= 4 is 0 Å². The SMILES string of the molecule is Cc1cnc(CNCC(F)F)o1. The van der Waals surface area contributed by atoms with Crippen molar-refractivity contribution in [3.05, 3.63) is 17.8 Å². The lowest BCUT2D eigenvalue weighted by atomic mass is 10.6. The highest BCUT2D eigenvalue weighted by molar-refractivity contribution is 4.90. The summed E-state index contributed by atoms with van der Waals surface area (Å²) in [5, 5.41) is 2.51. The van der Waals surface area contributed by atoms with Crippen LogP contribution in [0.2, 0.25) is 0 Å². The summed E-state index contributed by atoms with van der Waals surface area (Å²) in [5.74, 6) is 1.12. The van der Waals surface area contributed by atoms with E-state index in [1.54, 1.807) is 13.1 Å². The highest BCUT2D eigenvalue weighted by atomic mass is 19.3. The van der Waals surface area contributed by atoms with Crippen molar-refractivity contribution in [1.29, 1.82) is 0 Å². The number of rotatable bonds is 4. The molecule has 0 aromatic carbocycles. The average Bonchev–Trinajstić information content (AvgIpc) is 2.35. The van der Waals surface area contributed by atoms with E-state index in [4.69, 9.17) is 4.42 Å². The minimum Gasteiger partial charge on any atom is -0.445 e. The second kappa shape index (κ2) is 4.15. The van der Waals surface area contributed by atoms with Crippen LogP contribution in [0.25, 0.3) is 0 Å². The van der Waals surface area contributed by atoms with Gasteiger partial charge in [0.1, 0.15) is 5.76 Å². The van der Waals surface area contributed by atoms with E-state index < -0.39 is 6.43 Å². The Morgan fingerprint density at radius 2 is 2.42 bits per heavy atom. The highest BCUT2D eigenvalue weighted by Crippen LogP contribution is 2.00. The van der Waals surface area contributed by atoms with Gasteiger partial charge in [0.15, 0.2) is 0 Å². The number of hydrogen-bond acceptors (Lipinski definition) is 3. The van der Waals surface area contributed by atoms with E-state index in [-0.39, 0.29) is 13.1 Å². The van der Waals surface area contributed by atoms with E-state index in [1.807, 2.05) is 0 Å². The van der Waals surface area contributed by atoms with Gasteiger partial charge in [0, 0.05) is 0 Å². The van der Waals surface area contributed by atoms with Crippen LogP contribution in [0, 0.1) is 6.92 Å². The van der Waals surface area contributed by atoms with Crippen molar-refractivity contribution in [3.8, 4) is 0 Å². The number of aryl methyl sites for hydroxylation is 1. The van der Waals surface area contributed by atoms with Crippen molar-refractivity contribution < 1.29 is 13.2 Å². The van der Waals surface area contributed by atoms with Gasteiger partial charge in [-0.25, -0.2) is 13.8 Å². The summed E-state index contributed by atoms with van der Waals surface area (Å²) in [7, 11) is 0. The molecule has 1 aromatic heterocycles. The molecule has 0 amide bonds. The highest BCUT2D eigenvalue weighted by Gasteiger charge is 2.03. The Morgan fingerprint density at radius 1 is 1.67 bits per heavy atom. The van der Waals surface area contributed by atoms with Gasteiger partial charge < -0.3 is 9.73 Å². The fraction of sp³-hybridized carbons (Fsp3) is 0.571. The zero-order chi connectivity index (χ0) is 8.97. The van der Waals surface area contributed by atoms with Crippen LogP contribution in [-0.2, 0) is 6.54 Å². The first-order valence-electron chi connectivity index (χ1n) is 3.58. The van der Waals surface area contributed by atoms with Gasteiger partial charge in [-0.1, -0.05) is 0 Å². The van der Waals surface area contributed by atoms with Gasteiger partial charge >= 0.3 is 0 Å². The molecule has 1 aromatic rings. The van der Waals surface area contributed by atoms with Crippen LogP contribution < -0.4 is 5.32 Å². The smallest absolute Gasteiger partial charge is 0.250 e. The van der Waals surface area contributed by atoms with Gasteiger partial charge in [-0.15, -0.1) is 0 Å². The molecule has 68 valence electrons. The molecule has 1 heterocycles. The van der Waals surface area contributed by atoms with Gasteiger partial charge in [-0.05, 0) is 6.92 Å². The van der Waals surface area contributed by atoms with E-state index in [0.29, 0.717) is 11.7 Å². The Bertz CT molecular complexity index is 237. The second-order valence-corrected chi connectivity index (χ2v) is 2.39. The molecular formula is C7H10F2N2O. The molecule has 1 N–H and O–H groups in total. The van der Waals surface area contributed by atoms with E-state index in [9.17, 15) is 8.78 Å². The van der Waals surface area contributed by atoms with Crippen molar-refractivity contribution in [3.63, 3.8) is 0 Å². The van der Waals surface area contributed by atoms with Gasteiger partial charge in [0.25, 0.3) is 6.43 Å². The molecule has 0 radical (unpaired) electrons. The molecule has 0 aliphatic heterocycles. The molecule has 12 heavy (non-hydrogen) atoms. The predicted octanol–water partition coefficient (Wildman–Crippen LogP) is 1.34. The number of nitrogens with one attached hydrogen (secondary N) is 1. The monoisotopic (exact) mass is 176 g/mol. The number of hydrogen-bond donors (Lipinski definition) is 1. The minimum atomic E-state index is -2.33. The largest absolute Gasteiger partial charge is 0.445 e. The van der Waals surface area contributed by atoms with E-state index >= 15 is 0 Å². The van der Waals surface area contributed by atoms with E-state index in [1.165, 1.54) is 0 Å². The molecule has 0 saturated carbocycles. The number of halogens is 2. The number of nitrogens with zero attached hydrogens (tertiary/aromatic N) is 1. The second-order valence-electron chi connectivity index (χ2n) is 2.39. The molecular weight excluding hydrogens is 166 g/mol. The van der Waals surface area contributed by atoms with Gasteiger partial charge in [-0.3, -0.25) is 0 Å². The summed E-state index contributed by atoms with van der Waals surface area (Å²) < 4.78 is 28.3. The fourth-order valence-electron chi connectivity index (χ4n) is 0.771. The molecule has 0 aliphatic rings. The maximum Gasteiger partial charge on any atom is 0.250 e. The lowest BCUT2D eigenvalue weighted by molar-refractivity contribution is 0.144. The summed E-state index contributed by atoms with van der Waals surface area (Å²) in [6.45, 7) is 1.67. The third kappa shape index (κ3) is 2.96. The lowest BCUT2D eigenvalue weighted by Gasteiger charge is -1.98. The molecule has 3 nitrogen and oxygen atoms in total. The molecule has 0 spiro atoms. The summed E-state index contributed by atoms with van der Waals surface area (Å²) in [6.07, 6.45) is -0.777. The van der Waals surface area contributed by atoms with Gasteiger partial charge in [0.05, 0.1) is 19.3 Å². The zero-order valence-corrected chi connectivity index (χ0v) is 6.68. The Balaban J connectivity index is 2.24. The van der Waals surface area contributed by atoms with Crippen molar-refractivity contribution in [2.24, 2.45) is 0 Å². The van der Waals surface area contributed by atoms with Gasteiger partial charge in [-0.2, -0.15) is 0 Å². The normalized spacial score (nSPS) is 11.0. The summed E-state index contributed by atoms with van der Waals surface area (Å²) in [4.78, 5) is 3.84.